The molecule has 0 saturated carbocycles. The first-order valence-corrected chi connectivity index (χ1v) is 11.9. The highest BCUT2D eigenvalue weighted by molar-refractivity contribution is 8.00. The van der Waals surface area contributed by atoms with Gasteiger partial charge in [-0.25, -0.2) is 9.37 Å². The number of halogens is 1. The van der Waals surface area contributed by atoms with Crippen LogP contribution in [0.1, 0.15) is 18.9 Å². The molecule has 0 unspecified atom stereocenters. The van der Waals surface area contributed by atoms with E-state index in [1.807, 2.05) is 25.1 Å². The number of hydrogen-bond acceptors (Lipinski definition) is 6. The van der Waals surface area contributed by atoms with E-state index in [1.165, 1.54) is 36.0 Å². The normalized spacial score (nSPS) is 10.4. The Bertz CT molecular complexity index is 1080. The number of aromatic nitrogens is 1. The summed E-state index contributed by atoms with van der Waals surface area (Å²) in [6.45, 7) is 2.94. The fraction of sp³-hybridized carbons (Fsp3) is 0.240. The molecule has 2 amide bonds. The van der Waals surface area contributed by atoms with Gasteiger partial charge in [-0.1, -0.05) is 13.0 Å². The van der Waals surface area contributed by atoms with E-state index >= 15 is 0 Å². The molecule has 0 aliphatic heterocycles. The number of rotatable bonds is 12. The summed E-state index contributed by atoms with van der Waals surface area (Å²) >= 11 is 1.18. The quantitative estimate of drug-likeness (QED) is 0.385. The molecule has 0 atom stereocenters. The summed E-state index contributed by atoms with van der Waals surface area (Å²) in [5.74, 6) is 1.14. The third-order valence-electron chi connectivity index (χ3n) is 4.43. The van der Waals surface area contributed by atoms with Crippen LogP contribution in [0.2, 0.25) is 0 Å². The number of thioether (sulfide) groups is 1. The zero-order valence-electron chi connectivity index (χ0n) is 18.8. The van der Waals surface area contributed by atoms with Gasteiger partial charge in [0.1, 0.15) is 17.3 Å². The van der Waals surface area contributed by atoms with Gasteiger partial charge in [-0.15, -0.1) is 11.8 Å². The van der Waals surface area contributed by atoms with Gasteiger partial charge < -0.3 is 20.1 Å². The average molecular weight is 484 g/mol. The first-order valence-electron chi connectivity index (χ1n) is 10.8. The molecule has 34 heavy (non-hydrogen) atoms. The molecule has 3 rings (SSSR count). The fourth-order valence-corrected chi connectivity index (χ4v) is 3.44. The lowest BCUT2D eigenvalue weighted by molar-refractivity contribution is -0.118. The second-order valence-corrected chi connectivity index (χ2v) is 8.20. The van der Waals surface area contributed by atoms with Gasteiger partial charge in [0.05, 0.1) is 18.1 Å². The molecular formula is C25H26FN3O4S. The van der Waals surface area contributed by atoms with Crippen LogP contribution in [0.25, 0.3) is 0 Å². The smallest absolute Gasteiger partial charge is 0.234 e. The lowest BCUT2D eigenvalue weighted by atomic mass is 10.2. The molecule has 0 aliphatic rings. The number of ether oxygens (including phenoxy) is 2. The Balaban J connectivity index is 1.43. The number of anilines is 1. The van der Waals surface area contributed by atoms with Crippen LogP contribution in [-0.4, -0.2) is 34.9 Å². The van der Waals surface area contributed by atoms with E-state index in [1.54, 1.807) is 24.4 Å². The molecule has 7 nitrogen and oxygen atoms in total. The Kier molecular flexibility index (Phi) is 9.72. The van der Waals surface area contributed by atoms with Crippen molar-refractivity contribution in [2.24, 2.45) is 0 Å². The van der Waals surface area contributed by atoms with E-state index in [0.29, 0.717) is 23.9 Å². The summed E-state index contributed by atoms with van der Waals surface area (Å²) in [5.41, 5.74) is 1.23. The first kappa shape index (κ1) is 25.0. The maximum Gasteiger partial charge on any atom is 0.234 e. The van der Waals surface area contributed by atoms with Crippen molar-refractivity contribution in [2.75, 3.05) is 23.4 Å². The summed E-state index contributed by atoms with van der Waals surface area (Å²) < 4.78 is 24.4. The Labute approximate surface area is 202 Å². The minimum atomic E-state index is -0.374. The lowest BCUT2D eigenvalue weighted by Gasteiger charge is -2.11. The number of carbonyl (C=O) groups is 2. The molecule has 0 saturated heterocycles. The molecule has 2 aromatic carbocycles. The van der Waals surface area contributed by atoms with E-state index < -0.39 is 0 Å². The lowest BCUT2D eigenvalue weighted by Crippen LogP contribution is -2.26. The molecule has 3 aromatic rings. The number of pyridine rings is 1. The third kappa shape index (κ3) is 8.40. The number of nitrogens with zero attached hydrogens (tertiary/aromatic N) is 1. The maximum absolute atomic E-state index is 12.9. The van der Waals surface area contributed by atoms with Crippen LogP contribution < -0.4 is 20.1 Å². The zero-order valence-corrected chi connectivity index (χ0v) is 19.6. The van der Waals surface area contributed by atoms with Gasteiger partial charge in [0.2, 0.25) is 17.7 Å². The van der Waals surface area contributed by atoms with Crippen molar-refractivity contribution in [2.45, 2.75) is 19.9 Å². The number of carbonyl (C=O) groups excluding carboxylic acids is 2. The summed E-state index contributed by atoms with van der Waals surface area (Å²) in [6, 6.07) is 16.4. The third-order valence-corrected chi connectivity index (χ3v) is 5.36. The van der Waals surface area contributed by atoms with Gasteiger partial charge in [-0.3, -0.25) is 9.59 Å². The summed E-state index contributed by atoms with van der Waals surface area (Å²) in [4.78, 5) is 28.4. The average Bonchev–Trinajstić information content (AvgIpc) is 2.84. The van der Waals surface area contributed by atoms with Gasteiger partial charge in [-0.05, 0) is 61.0 Å². The number of amides is 2. The minimum absolute atomic E-state index is 0.101. The Morgan fingerprint density at radius 2 is 1.68 bits per heavy atom. The van der Waals surface area contributed by atoms with Crippen LogP contribution in [0.3, 0.4) is 0 Å². The van der Waals surface area contributed by atoms with Gasteiger partial charge in [-0.2, -0.15) is 0 Å². The van der Waals surface area contributed by atoms with Crippen LogP contribution in [0.15, 0.2) is 66.9 Å². The molecule has 178 valence electrons. The predicted molar refractivity (Wildman–Crippen MR) is 131 cm³/mol. The highest BCUT2D eigenvalue weighted by Gasteiger charge is 2.10. The maximum atomic E-state index is 12.9. The van der Waals surface area contributed by atoms with Crippen molar-refractivity contribution < 1.29 is 23.5 Å². The molecule has 9 heteroatoms. The molecule has 2 N–H and O–H groups in total. The molecule has 0 aliphatic carbocycles. The number of hydrogen-bond donors (Lipinski definition) is 2. The summed E-state index contributed by atoms with van der Waals surface area (Å²) in [7, 11) is 0. The van der Waals surface area contributed by atoms with Crippen molar-refractivity contribution in [3.63, 3.8) is 0 Å². The summed E-state index contributed by atoms with van der Waals surface area (Å²) in [5, 5.41) is 5.47. The molecule has 0 radical (unpaired) electrons. The van der Waals surface area contributed by atoms with Crippen molar-refractivity contribution in [1.29, 1.82) is 0 Å². The predicted octanol–water partition coefficient (Wildman–Crippen LogP) is 4.79. The Hall–Kier alpha value is -3.59. The van der Waals surface area contributed by atoms with Gasteiger partial charge in [0, 0.05) is 24.0 Å². The molecule has 0 spiro atoms. The van der Waals surface area contributed by atoms with Crippen LogP contribution in [0.4, 0.5) is 10.1 Å². The standard InChI is InChI=1S/C25H26FN3O4S/c1-2-14-32-21-9-11-22(12-10-21)33-25-18(4-3-13-27-25)15-28-23(30)16-34-17-24(31)29-20-7-5-19(26)6-8-20/h3-13H,2,14-17H2,1H3,(H,28,30)(H,29,31). The number of benzene rings is 2. The molecular weight excluding hydrogens is 457 g/mol. The molecule has 1 heterocycles. The van der Waals surface area contributed by atoms with Crippen LogP contribution >= 0.6 is 11.8 Å². The molecule has 0 fully saturated rings. The van der Waals surface area contributed by atoms with E-state index in [2.05, 4.69) is 15.6 Å². The van der Waals surface area contributed by atoms with Crippen LogP contribution in [-0.2, 0) is 16.1 Å². The van der Waals surface area contributed by atoms with E-state index in [-0.39, 0.29) is 35.7 Å². The second kappa shape index (κ2) is 13.2. The highest BCUT2D eigenvalue weighted by atomic mass is 32.2. The van der Waals surface area contributed by atoms with Crippen molar-refractivity contribution in [1.82, 2.24) is 10.3 Å². The second-order valence-electron chi connectivity index (χ2n) is 7.21. The van der Waals surface area contributed by atoms with Crippen molar-refractivity contribution >= 4 is 29.3 Å². The van der Waals surface area contributed by atoms with Crippen molar-refractivity contribution in [3.8, 4) is 17.4 Å². The SMILES string of the molecule is CCCOc1ccc(Oc2ncccc2CNC(=O)CSCC(=O)Nc2ccc(F)cc2)cc1. The Morgan fingerprint density at radius 1 is 0.971 bits per heavy atom. The highest BCUT2D eigenvalue weighted by Crippen LogP contribution is 2.25. The van der Waals surface area contributed by atoms with Crippen LogP contribution in [0.5, 0.6) is 17.4 Å². The molecule has 1 aromatic heterocycles. The largest absolute Gasteiger partial charge is 0.494 e. The monoisotopic (exact) mass is 483 g/mol. The first-order chi connectivity index (χ1) is 16.5. The fourth-order valence-electron chi connectivity index (χ4n) is 2.80. The number of nitrogens with one attached hydrogen (secondary N) is 2. The Morgan fingerprint density at radius 3 is 2.41 bits per heavy atom. The van der Waals surface area contributed by atoms with E-state index in [0.717, 1.165) is 17.7 Å². The molecule has 0 bridgehead atoms. The van der Waals surface area contributed by atoms with Gasteiger partial charge in [0.15, 0.2) is 0 Å². The minimum Gasteiger partial charge on any atom is -0.494 e. The van der Waals surface area contributed by atoms with Gasteiger partial charge in [0.25, 0.3) is 0 Å². The summed E-state index contributed by atoms with van der Waals surface area (Å²) in [6.07, 6.45) is 2.55. The van der Waals surface area contributed by atoms with E-state index in [4.69, 9.17) is 9.47 Å². The van der Waals surface area contributed by atoms with Gasteiger partial charge >= 0.3 is 0 Å². The van der Waals surface area contributed by atoms with Crippen molar-refractivity contribution in [3.05, 3.63) is 78.2 Å². The zero-order chi connectivity index (χ0) is 24.2. The topological polar surface area (TPSA) is 89.6 Å². The van der Waals surface area contributed by atoms with E-state index in [9.17, 15) is 14.0 Å². The van der Waals surface area contributed by atoms with Crippen LogP contribution in [0, 0.1) is 5.82 Å².